The van der Waals surface area contributed by atoms with E-state index in [1.165, 1.54) is 98.3 Å². The number of nitrogens with zero attached hydrogens (tertiary/aromatic N) is 2. The predicted molar refractivity (Wildman–Crippen MR) is 265 cm³/mol. The lowest BCUT2D eigenvalue weighted by atomic mass is 9.43. The normalized spacial score (nSPS) is 19.1. The summed E-state index contributed by atoms with van der Waals surface area (Å²) >= 11 is 1.92. The molecule has 3 aromatic heterocycles. The average Bonchev–Trinajstić information content (AvgIpc) is 3.48. The van der Waals surface area contributed by atoms with E-state index in [9.17, 15) is 0 Å². The highest BCUT2D eigenvalue weighted by Gasteiger charge is 2.69. The van der Waals surface area contributed by atoms with Gasteiger partial charge in [-0.15, -0.1) is 11.3 Å². The van der Waals surface area contributed by atoms with Crippen LogP contribution in [0.15, 0.2) is 142 Å². The van der Waals surface area contributed by atoms with Gasteiger partial charge in [-0.25, -0.2) is 0 Å². The van der Waals surface area contributed by atoms with Crippen molar-refractivity contribution in [2.24, 2.45) is 0 Å². The van der Waals surface area contributed by atoms with Crippen molar-refractivity contribution < 1.29 is 8.83 Å². The summed E-state index contributed by atoms with van der Waals surface area (Å²) in [5.74, 6) is 1.35. The largest absolute Gasteiger partial charge is 0.456 e. The van der Waals surface area contributed by atoms with E-state index in [0.717, 1.165) is 39.7 Å². The Labute approximate surface area is 370 Å². The maximum Gasteiger partial charge on any atom is 0.333 e. The topological polar surface area (TPSA) is 32.8 Å². The molecule has 15 rings (SSSR count). The number of fused-ring (bicyclic) bond motifs is 16. The zero-order valence-corrected chi connectivity index (χ0v) is 37.0. The van der Waals surface area contributed by atoms with Crippen molar-refractivity contribution in [3.63, 3.8) is 0 Å². The number of allylic oxidation sites excluding steroid dienone is 1. The molecule has 1 saturated carbocycles. The third kappa shape index (κ3) is 4.29. The van der Waals surface area contributed by atoms with Crippen LogP contribution in [0.2, 0.25) is 0 Å². The molecule has 4 nitrogen and oxygen atoms in total. The minimum atomic E-state index is -0.130. The number of furan rings is 2. The lowest BCUT2D eigenvalue weighted by Gasteiger charge is -2.45. The van der Waals surface area contributed by atoms with Gasteiger partial charge in [-0.1, -0.05) is 114 Å². The third-order valence-corrected chi connectivity index (χ3v) is 16.6. The molecule has 6 heteroatoms. The van der Waals surface area contributed by atoms with Crippen LogP contribution in [0.3, 0.4) is 0 Å². The van der Waals surface area contributed by atoms with Gasteiger partial charge in [0.1, 0.15) is 22.5 Å². The van der Waals surface area contributed by atoms with Crippen molar-refractivity contribution in [2.75, 3.05) is 9.71 Å². The summed E-state index contributed by atoms with van der Waals surface area (Å²) in [5.41, 5.74) is 19.9. The molecule has 1 spiro atoms. The van der Waals surface area contributed by atoms with Gasteiger partial charge < -0.3 is 18.5 Å². The molecule has 2 aliphatic carbocycles. The highest BCUT2D eigenvalue weighted by Crippen LogP contribution is 2.75. The third-order valence-electron chi connectivity index (χ3n) is 15.5. The number of para-hydroxylation sites is 2. The Bertz CT molecular complexity index is 3780. The fraction of sp³-hybridized carbons (Fsp3) is 0.193. The number of hydrogen-bond donors (Lipinski definition) is 0. The van der Waals surface area contributed by atoms with E-state index in [1.54, 1.807) is 0 Å². The summed E-state index contributed by atoms with van der Waals surface area (Å²) in [7, 11) is 0. The molecule has 63 heavy (non-hydrogen) atoms. The van der Waals surface area contributed by atoms with Crippen LogP contribution >= 0.6 is 11.3 Å². The quantitative estimate of drug-likeness (QED) is 0.154. The number of hydrogen-bond acceptors (Lipinski definition) is 5. The lowest BCUT2D eigenvalue weighted by Crippen LogP contribution is -2.61. The molecule has 0 saturated heterocycles. The molecule has 6 heterocycles. The molecule has 3 aliphatic heterocycles. The Morgan fingerprint density at radius 3 is 2.14 bits per heavy atom. The Hall–Kier alpha value is -6.50. The summed E-state index contributed by atoms with van der Waals surface area (Å²) in [5, 5.41) is 6.24. The second-order valence-corrected chi connectivity index (χ2v) is 22.0. The van der Waals surface area contributed by atoms with Crippen molar-refractivity contribution in [1.82, 2.24) is 0 Å². The van der Waals surface area contributed by atoms with Gasteiger partial charge >= 0.3 is 6.85 Å². The number of anilines is 4. The van der Waals surface area contributed by atoms with Gasteiger partial charge in [0.25, 0.3) is 0 Å². The summed E-state index contributed by atoms with van der Waals surface area (Å²) in [6, 6.07) is 48.6. The predicted octanol–water partition coefficient (Wildman–Crippen LogP) is 14.5. The maximum absolute atomic E-state index is 6.73. The molecule has 7 aromatic carbocycles. The molecule has 0 radical (unpaired) electrons. The van der Waals surface area contributed by atoms with Crippen LogP contribution in [-0.2, 0) is 16.2 Å². The Balaban J connectivity index is 1.07. The Morgan fingerprint density at radius 2 is 1.35 bits per heavy atom. The Morgan fingerprint density at radius 1 is 0.619 bits per heavy atom. The molecular formula is C57H43BN2O2S. The number of rotatable bonds is 1. The van der Waals surface area contributed by atoms with E-state index in [4.69, 9.17) is 8.83 Å². The van der Waals surface area contributed by atoms with Gasteiger partial charge in [-0.05, 0) is 99.0 Å². The van der Waals surface area contributed by atoms with Crippen molar-refractivity contribution >= 4 is 111 Å². The first-order valence-electron chi connectivity index (χ1n) is 22.5. The molecule has 0 amide bonds. The molecule has 10 aromatic rings. The van der Waals surface area contributed by atoms with Crippen LogP contribution < -0.4 is 20.6 Å². The molecule has 2 unspecified atom stereocenters. The minimum Gasteiger partial charge on any atom is -0.456 e. The molecule has 1 fully saturated rings. The monoisotopic (exact) mass is 830 g/mol. The van der Waals surface area contributed by atoms with Crippen LogP contribution in [0, 0.1) is 0 Å². The van der Waals surface area contributed by atoms with Gasteiger partial charge in [0, 0.05) is 99.4 Å². The second-order valence-electron chi connectivity index (χ2n) is 20.9. The molecule has 2 atom stereocenters. The lowest BCUT2D eigenvalue weighted by molar-refractivity contribution is 0.590. The van der Waals surface area contributed by atoms with Crippen molar-refractivity contribution in [2.45, 2.75) is 70.1 Å². The Kier molecular flexibility index (Phi) is 6.21. The summed E-state index contributed by atoms with van der Waals surface area (Å²) < 4.78 is 16.1. The first kappa shape index (κ1) is 35.0. The highest BCUT2D eigenvalue weighted by atomic mass is 32.1. The van der Waals surface area contributed by atoms with Gasteiger partial charge in [0.05, 0.1) is 0 Å². The van der Waals surface area contributed by atoms with Crippen LogP contribution in [0.1, 0.15) is 81.9 Å². The SMILES string of the molecule is CC(C)(C)c1ccc(N2B3c4cc5c(cc4N4C6=Cc7oc8ccccc8c7C7CC67c6ccc(c3c64)-c3cc4c(cc32)sc2ccc(C(C)(C)C)cc24)oc2ccccc25)cc1. The van der Waals surface area contributed by atoms with E-state index in [2.05, 4.69) is 185 Å². The smallest absolute Gasteiger partial charge is 0.333 e. The minimum absolute atomic E-state index is 0.0372. The van der Waals surface area contributed by atoms with Gasteiger partial charge in [-0.2, -0.15) is 0 Å². The zero-order valence-electron chi connectivity index (χ0n) is 36.2. The van der Waals surface area contributed by atoms with Gasteiger partial charge in [-0.3, -0.25) is 0 Å². The standard InChI is InChI=1S/C57H43BN2O2S/c1-55(2,3)30-15-18-32(19-16-30)60-43-27-50-39(38-23-31(56(4,5)6)17-22-49(38)63-50)24-36(43)34-20-21-40-54-53(34)58(60)42-25-37-33-11-7-9-13-45(33)61-47(37)26-44(42)59(54)51-28-48-52(41-29-57(40,41)51)35-12-8-10-14-46(35)62-48/h7-28,41H,29H2,1-6H3. The fourth-order valence-corrected chi connectivity index (χ4v) is 13.4. The van der Waals surface area contributed by atoms with Crippen LogP contribution in [0.25, 0.3) is 70.3 Å². The van der Waals surface area contributed by atoms with E-state index < -0.39 is 0 Å². The summed E-state index contributed by atoms with van der Waals surface area (Å²) in [4.78, 5) is 5.33. The van der Waals surface area contributed by atoms with Gasteiger partial charge in [0.15, 0.2) is 0 Å². The molecule has 0 bridgehead atoms. The first-order chi connectivity index (χ1) is 30.5. The van der Waals surface area contributed by atoms with E-state index in [0.29, 0.717) is 5.92 Å². The first-order valence-corrected chi connectivity index (χ1v) is 23.3. The van der Waals surface area contributed by atoms with E-state index in [-0.39, 0.29) is 23.1 Å². The van der Waals surface area contributed by atoms with Crippen molar-refractivity contribution in [1.29, 1.82) is 0 Å². The van der Waals surface area contributed by atoms with Crippen LogP contribution in [-0.4, -0.2) is 6.85 Å². The van der Waals surface area contributed by atoms with Crippen molar-refractivity contribution in [3.05, 3.63) is 161 Å². The van der Waals surface area contributed by atoms with E-state index >= 15 is 0 Å². The molecule has 5 aliphatic rings. The van der Waals surface area contributed by atoms with Gasteiger partial charge in [0.2, 0.25) is 0 Å². The fourth-order valence-electron chi connectivity index (χ4n) is 12.3. The zero-order chi connectivity index (χ0) is 42.1. The average molecular weight is 831 g/mol. The van der Waals surface area contributed by atoms with Crippen LogP contribution in [0.5, 0.6) is 0 Å². The van der Waals surface area contributed by atoms with Crippen LogP contribution in [0.4, 0.5) is 22.7 Å². The van der Waals surface area contributed by atoms with Crippen molar-refractivity contribution in [3.8, 4) is 11.1 Å². The number of thiophene rings is 1. The summed E-state index contributed by atoms with van der Waals surface area (Å²) in [6.07, 6.45) is 3.46. The molecule has 302 valence electrons. The molecular weight excluding hydrogens is 788 g/mol. The summed E-state index contributed by atoms with van der Waals surface area (Å²) in [6.45, 7) is 13.8. The number of benzene rings is 7. The maximum atomic E-state index is 6.73. The second kappa shape index (κ2) is 11.2. The molecule has 0 N–H and O–H groups in total. The van der Waals surface area contributed by atoms with E-state index in [1.807, 2.05) is 11.3 Å². The highest BCUT2D eigenvalue weighted by molar-refractivity contribution is 7.25.